The van der Waals surface area contributed by atoms with Crippen LogP contribution in [0.25, 0.3) is 11.5 Å². The summed E-state index contributed by atoms with van der Waals surface area (Å²) >= 11 is 0. The van der Waals surface area contributed by atoms with Crippen molar-refractivity contribution in [2.75, 3.05) is 13.1 Å². The van der Waals surface area contributed by atoms with Crippen molar-refractivity contribution in [3.63, 3.8) is 0 Å². The maximum atomic E-state index is 5.85. The Balaban J connectivity index is 1.43. The SMILES string of the molecule is Cc1cnn(C2CN([C@H](C)c3nnc(-c4ccccc4)o3)C2)c1. The van der Waals surface area contributed by atoms with Crippen LogP contribution in [0.15, 0.2) is 47.1 Å². The molecule has 1 aliphatic heterocycles. The van der Waals surface area contributed by atoms with Crippen LogP contribution in [0.3, 0.4) is 0 Å². The van der Waals surface area contributed by atoms with Crippen LogP contribution >= 0.6 is 0 Å². The van der Waals surface area contributed by atoms with Gasteiger partial charge >= 0.3 is 0 Å². The Labute approximate surface area is 134 Å². The predicted octanol–water partition coefficient (Wildman–Crippen LogP) is 2.86. The summed E-state index contributed by atoms with van der Waals surface area (Å²) in [6, 6.07) is 10.4. The molecule has 2 aromatic heterocycles. The Morgan fingerprint density at radius 2 is 1.96 bits per heavy atom. The zero-order valence-corrected chi connectivity index (χ0v) is 13.3. The third-order valence-corrected chi connectivity index (χ3v) is 4.36. The van der Waals surface area contributed by atoms with E-state index < -0.39 is 0 Å². The highest BCUT2D eigenvalue weighted by atomic mass is 16.4. The van der Waals surface area contributed by atoms with Crippen molar-refractivity contribution in [1.82, 2.24) is 24.9 Å². The summed E-state index contributed by atoms with van der Waals surface area (Å²) in [6.07, 6.45) is 3.99. The molecular weight excluding hydrogens is 290 g/mol. The highest BCUT2D eigenvalue weighted by Crippen LogP contribution is 2.31. The van der Waals surface area contributed by atoms with Crippen molar-refractivity contribution >= 4 is 0 Å². The second-order valence-electron chi connectivity index (χ2n) is 6.09. The lowest BCUT2D eigenvalue weighted by Gasteiger charge is -2.41. The normalized spacial score (nSPS) is 17.1. The Morgan fingerprint density at radius 1 is 1.17 bits per heavy atom. The summed E-state index contributed by atoms with van der Waals surface area (Å²) in [5.74, 6) is 1.24. The molecule has 6 heteroatoms. The van der Waals surface area contributed by atoms with Gasteiger partial charge in [0.2, 0.25) is 11.8 Å². The molecule has 3 heterocycles. The molecule has 3 aromatic rings. The minimum Gasteiger partial charge on any atom is -0.419 e. The number of hydrogen-bond donors (Lipinski definition) is 0. The molecule has 0 bridgehead atoms. The van der Waals surface area contributed by atoms with Gasteiger partial charge in [0.1, 0.15) is 0 Å². The molecule has 6 nitrogen and oxygen atoms in total. The van der Waals surface area contributed by atoms with E-state index in [9.17, 15) is 0 Å². The Morgan fingerprint density at radius 3 is 2.65 bits per heavy atom. The largest absolute Gasteiger partial charge is 0.419 e. The average Bonchev–Trinajstić information content (AvgIpc) is 3.16. The second kappa shape index (κ2) is 5.62. The van der Waals surface area contributed by atoms with Gasteiger partial charge in [-0.2, -0.15) is 5.10 Å². The summed E-state index contributed by atoms with van der Waals surface area (Å²) < 4.78 is 7.89. The van der Waals surface area contributed by atoms with Gasteiger partial charge in [-0.25, -0.2) is 0 Å². The number of rotatable bonds is 4. The summed E-state index contributed by atoms with van der Waals surface area (Å²) in [6.45, 7) is 6.07. The topological polar surface area (TPSA) is 60.0 Å². The molecule has 1 aromatic carbocycles. The first-order valence-electron chi connectivity index (χ1n) is 7.84. The van der Waals surface area contributed by atoms with Crippen LogP contribution in [0.2, 0.25) is 0 Å². The number of nitrogens with zero attached hydrogens (tertiary/aromatic N) is 5. The summed E-state index contributed by atoms with van der Waals surface area (Å²) in [5.41, 5.74) is 2.15. The van der Waals surface area contributed by atoms with Crippen molar-refractivity contribution in [3.8, 4) is 11.5 Å². The maximum Gasteiger partial charge on any atom is 0.247 e. The lowest BCUT2D eigenvalue weighted by Crippen LogP contribution is -2.48. The predicted molar refractivity (Wildman–Crippen MR) is 85.7 cm³/mol. The van der Waals surface area contributed by atoms with Crippen molar-refractivity contribution in [1.29, 1.82) is 0 Å². The van der Waals surface area contributed by atoms with Gasteiger partial charge in [0.05, 0.1) is 18.3 Å². The zero-order valence-electron chi connectivity index (χ0n) is 13.3. The molecule has 1 fully saturated rings. The van der Waals surface area contributed by atoms with Crippen LogP contribution in [-0.4, -0.2) is 38.0 Å². The van der Waals surface area contributed by atoms with Crippen LogP contribution in [0.4, 0.5) is 0 Å². The van der Waals surface area contributed by atoms with Crippen LogP contribution in [-0.2, 0) is 0 Å². The Hall–Kier alpha value is -2.47. The van der Waals surface area contributed by atoms with E-state index in [0.29, 0.717) is 17.8 Å². The molecule has 0 N–H and O–H groups in total. The fourth-order valence-corrected chi connectivity index (χ4v) is 2.86. The first-order chi connectivity index (χ1) is 11.2. The Kier molecular flexibility index (Phi) is 3.46. The van der Waals surface area contributed by atoms with Gasteiger partial charge in [-0.3, -0.25) is 9.58 Å². The van der Waals surface area contributed by atoms with Gasteiger partial charge in [0.25, 0.3) is 0 Å². The summed E-state index contributed by atoms with van der Waals surface area (Å²) in [4.78, 5) is 2.32. The van der Waals surface area contributed by atoms with Gasteiger partial charge in [-0.1, -0.05) is 18.2 Å². The van der Waals surface area contributed by atoms with E-state index in [1.165, 1.54) is 5.56 Å². The molecule has 0 radical (unpaired) electrons. The van der Waals surface area contributed by atoms with Gasteiger partial charge in [-0.15, -0.1) is 10.2 Å². The van der Waals surface area contributed by atoms with Gasteiger partial charge in [-0.05, 0) is 31.5 Å². The highest BCUT2D eigenvalue weighted by Gasteiger charge is 2.34. The quantitative estimate of drug-likeness (QED) is 0.741. The minimum absolute atomic E-state index is 0.118. The first kappa shape index (κ1) is 14.1. The van der Waals surface area contributed by atoms with Crippen LogP contribution in [0.1, 0.15) is 30.5 Å². The van der Waals surface area contributed by atoms with Crippen molar-refractivity contribution in [3.05, 3.63) is 54.2 Å². The molecule has 23 heavy (non-hydrogen) atoms. The summed E-state index contributed by atoms with van der Waals surface area (Å²) in [5, 5.41) is 12.8. The molecule has 0 spiro atoms. The average molecular weight is 309 g/mol. The molecule has 1 saturated heterocycles. The number of hydrogen-bond acceptors (Lipinski definition) is 5. The second-order valence-corrected chi connectivity index (χ2v) is 6.09. The fraction of sp³-hybridized carbons (Fsp3) is 0.353. The van der Waals surface area contributed by atoms with Crippen molar-refractivity contribution in [2.24, 2.45) is 0 Å². The van der Waals surface area contributed by atoms with E-state index in [2.05, 4.69) is 40.2 Å². The highest BCUT2D eigenvalue weighted by molar-refractivity contribution is 5.51. The van der Waals surface area contributed by atoms with Crippen LogP contribution < -0.4 is 0 Å². The third-order valence-electron chi connectivity index (χ3n) is 4.36. The lowest BCUT2D eigenvalue weighted by atomic mass is 10.1. The number of aromatic nitrogens is 4. The maximum absolute atomic E-state index is 5.85. The smallest absolute Gasteiger partial charge is 0.247 e. The number of aryl methyl sites for hydroxylation is 1. The molecule has 1 atom stereocenters. The van der Waals surface area contributed by atoms with Crippen LogP contribution in [0.5, 0.6) is 0 Å². The standard InChI is InChI=1S/C17H19N5O/c1-12-8-18-22(9-12)15-10-21(11-15)13(2)16-19-20-17(23-16)14-6-4-3-5-7-14/h3-9,13,15H,10-11H2,1-2H3/t13-/m1/s1. The third kappa shape index (κ3) is 2.66. The van der Waals surface area contributed by atoms with E-state index in [4.69, 9.17) is 4.42 Å². The van der Waals surface area contributed by atoms with E-state index in [1.807, 2.05) is 41.2 Å². The lowest BCUT2D eigenvalue weighted by molar-refractivity contribution is 0.0484. The first-order valence-corrected chi connectivity index (χ1v) is 7.84. The minimum atomic E-state index is 0.118. The number of benzene rings is 1. The summed E-state index contributed by atoms with van der Waals surface area (Å²) in [7, 11) is 0. The fourth-order valence-electron chi connectivity index (χ4n) is 2.86. The number of likely N-dealkylation sites (tertiary alicyclic amines) is 1. The van der Waals surface area contributed by atoms with E-state index in [-0.39, 0.29) is 6.04 Å². The molecule has 4 rings (SSSR count). The van der Waals surface area contributed by atoms with Crippen molar-refractivity contribution in [2.45, 2.75) is 25.9 Å². The Bertz CT molecular complexity index is 788. The van der Waals surface area contributed by atoms with E-state index >= 15 is 0 Å². The molecule has 0 amide bonds. The van der Waals surface area contributed by atoms with E-state index in [0.717, 1.165) is 18.7 Å². The van der Waals surface area contributed by atoms with Gasteiger partial charge in [0, 0.05) is 24.8 Å². The molecule has 0 unspecified atom stereocenters. The molecule has 1 aliphatic rings. The molecular formula is C17H19N5O. The van der Waals surface area contributed by atoms with Crippen molar-refractivity contribution < 1.29 is 4.42 Å². The molecule has 118 valence electrons. The molecule has 0 aliphatic carbocycles. The van der Waals surface area contributed by atoms with Gasteiger partial charge < -0.3 is 4.42 Å². The van der Waals surface area contributed by atoms with E-state index in [1.54, 1.807) is 0 Å². The zero-order chi connectivity index (χ0) is 15.8. The molecule has 0 saturated carbocycles. The van der Waals surface area contributed by atoms with Gasteiger partial charge in [0.15, 0.2) is 0 Å². The monoisotopic (exact) mass is 309 g/mol. The van der Waals surface area contributed by atoms with Crippen LogP contribution in [0, 0.1) is 6.92 Å².